The van der Waals surface area contributed by atoms with Crippen LogP contribution in [0.1, 0.15) is 16.1 Å². The molecule has 0 aliphatic carbocycles. The smallest absolute Gasteiger partial charge is 0.277 e. The number of carbonyl (C=O) groups is 1. The summed E-state index contributed by atoms with van der Waals surface area (Å²) in [6.07, 6.45) is 3.31. The highest BCUT2D eigenvalue weighted by Crippen LogP contribution is 2.21. The summed E-state index contributed by atoms with van der Waals surface area (Å²) in [5.41, 5.74) is 2.57. The lowest BCUT2D eigenvalue weighted by atomic mass is 10.1. The SMILES string of the molecule is O=C(Nc1cnn(Cc2ccccc2Cl)c1)c1cc(-c2ccccc2)on1. The molecule has 6 nitrogen and oxygen atoms in total. The fourth-order valence-corrected chi connectivity index (χ4v) is 2.83. The Kier molecular flexibility index (Phi) is 4.72. The van der Waals surface area contributed by atoms with Crippen molar-refractivity contribution >= 4 is 23.2 Å². The van der Waals surface area contributed by atoms with Gasteiger partial charge in [0, 0.05) is 22.8 Å². The van der Waals surface area contributed by atoms with Crippen molar-refractivity contribution in [3.8, 4) is 11.3 Å². The van der Waals surface area contributed by atoms with E-state index < -0.39 is 0 Å². The molecule has 1 N–H and O–H groups in total. The predicted octanol–water partition coefficient (Wildman–Crippen LogP) is 4.49. The first-order valence-electron chi connectivity index (χ1n) is 8.28. The molecule has 0 unspecified atom stereocenters. The summed E-state index contributed by atoms with van der Waals surface area (Å²) >= 11 is 6.17. The van der Waals surface area contributed by atoms with Crippen molar-refractivity contribution in [3.05, 3.63) is 89.3 Å². The van der Waals surface area contributed by atoms with E-state index in [1.165, 1.54) is 0 Å². The minimum atomic E-state index is -0.363. The predicted molar refractivity (Wildman–Crippen MR) is 103 cm³/mol. The molecule has 0 saturated heterocycles. The van der Waals surface area contributed by atoms with Gasteiger partial charge in [-0.25, -0.2) is 0 Å². The van der Waals surface area contributed by atoms with Crippen molar-refractivity contribution in [1.29, 1.82) is 0 Å². The van der Waals surface area contributed by atoms with Gasteiger partial charge in [0.05, 0.1) is 18.4 Å². The molecule has 4 aromatic rings. The molecule has 4 rings (SSSR count). The van der Waals surface area contributed by atoms with Crippen LogP contribution in [0.5, 0.6) is 0 Å². The number of carbonyl (C=O) groups excluding carboxylic acids is 1. The van der Waals surface area contributed by atoms with Crippen molar-refractivity contribution < 1.29 is 9.32 Å². The van der Waals surface area contributed by atoms with E-state index in [0.717, 1.165) is 11.1 Å². The number of rotatable bonds is 5. The molecular weight excluding hydrogens is 364 g/mol. The van der Waals surface area contributed by atoms with Gasteiger partial charge in [-0.2, -0.15) is 5.10 Å². The van der Waals surface area contributed by atoms with E-state index in [1.54, 1.807) is 23.1 Å². The largest absolute Gasteiger partial charge is 0.355 e. The van der Waals surface area contributed by atoms with Crippen molar-refractivity contribution in [1.82, 2.24) is 14.9 Å². The summed E-state index contributed by atoms with van der Waals surface area (Å²) in [5, 5.41) is 11.5. The number of hydrogen-bond donors (Lipinski definition) is 1. The standard InChI is InChI=1S/C20H15ClN4O2/c21-17-9-5-4-8-15(17)12-25-13-16(11-22-25)23-20(26)18-10-19(27-24-18)14-6-2-1-3-7-14/h1-11,13H,12H2,(H,23,26). The Labute approximate surface area is 160 Å². The van der Waals surface area contributed by atoms with Crippen LogP contribution < -0.4 is 5.32 Å². The Morgan fingerprint density at radius 3 is 2.70 bits per heavy atom. The fraction of sp³-hybridized carbons (Fsp3) is 0.0500. The van der Waals surface area contributed by atoms with Crippen LogP contribution in [0.4, 0.5) is 5.69 Å². The van der Waals surface area contributed by atoms with E-state index in [-0.39, 0.29) is 11.6 Å². The zero-order valence-electron chi connectivity index (χ0n) is 14.2. The highest BCUT2D eigenvalue weighted by atomic mass is 35.5. The molecule has 0 aliphatic rings. The number of aromatic nitrogens is 3. The Morgan fingerprint density at radius 1 is 1.11 bits per heavy atom. The maximum atomic E-state index is 12.4. The second-order valence-electron chi connectivity index (χ2n) is 5.91. The van der Waals surface area contributed by atoms with E-state index in [1.807, 2.05) is 54.6 Å². The third-order valence-electron chi connectivity index (χ3n) is 3.98. The van der Waals surface area contributed by atoms with Crippen molar-refractivity contribution in [2.45, 2.75) is 6.54 Å². The summed E-state index contributed by atoms with van der Waals surface area (Å²) in [5.74, 6) is 0.174. The normalized spacial score (nSPS) is 10.7. The highest BCUT2D eigenvalue weighted by Gasteiger charge is 2.14. The van der Waals surface area contributed by atoms with Gasteiger partial charge in [-0.1, -0.05) is 65.3 Å². The monoisotopic (exact) mass is 378 g/mol. The molecule has 7 heteroatoms. The van der Waals surface area contributed by atoms with Gasteiger partial charge >= 0.3 is 0 Å². The van der Waals surface area contributed by atoms with Gasteiger partial charge < -0.3 is 9.84 Å². The van der Waals surface area contributed by atoms with Gasteiger partial charge in [0.15, 0.2) is 11.5 Å². The van der Waals surface area contributed by atoms with E-state index in [9.17, 15) is 4.79 Å². The number of amides is 1. The zero-order valence-corrected chi connectivity index (χ0v) is 14.9. The first kappa shape index (κ1) is 17.1. The number of anilines is 1. The summed E-state index contributed by atoms with van der Waals surface area (Å²) in [7, 11) is 0. The van der Waals surface area contributed by atoms with E-state index >= 15 is 0 Å². The molecule has 0 atom stereocenters. The molecule has 2 heterocycles. The first-order chi connectivity index (χ1) is 13.2. The fourth-order valence-electron chi connectivity index (χ4n) is 2.63. The molecule has 2 aromatic heterocycles. The molecule has 0 fully saturated rings. The van der Waals surface area contributed by atoms with Crippen LogP contribution in [0.2, 0.25) is 5.02 Å². The second-order valence-corrected chi connectivity index (χ2v) is 6.32. The summed E-state index contributed by atoms with van der Waals surface area (Å²) in [6, 6.07) is 18.6. The van der Waals surface area contributed by atoms with E-state index in [2.05, 4.69) is 15.6 Å². The first-order valence-corrected chi connectivity index (χ1v) is 8.66. The minimum Gasteiger partial charge on any atom is -0.355 e. The Hall–Kier alpha value is -3.38. The molecule has 134 valence electrons. The van der Waals surface area contributed by atoms with Gasteiger partial charge in [-0.15, -0.1) is 0 Å². The molecule has 2 aromatic carbocycles. The molecule has 0 bridgehead atoms. The second kappa shape index (κ2) is 7.47. The average Bonchev–Trinajstić information content (AvgIpc) is 3.34. The van der Waals surface area contributed by atoms with Crippen LogP contribution in [0.15, 0.2) is 77.6 Å². The number of halogens is 1. The van der Waals surface area contributed by atoms with Gasteiger partial charge in [-0.05, 0) is 11.6 Å². The topological polar surface area (TPSA) is 73.0 Å². The minimum absolute atomic E-state index is 0.202. The number of hydrogen-bond acceptors (Lipinski definition) is 4. The van der Waals surface area contributed by atoms with Gasteiger partial charge in [0.25, 0.3) is 5.91 Å². The molecule has 1 amide bonds. The average molecular weight is 379 g/mol. The maximum absolute atomic E-state index is 12.4. The Morgan fingerprint density at radius 2 is 1.89 bits per heavy atom. The van der Waals surface area contributed by atoms with Crippen LogP contribution in [0.3, 0.4) is 0 Å². The summed E-state index contributed by atoms with van der Waals surface area (Å²) in [6.45, 7) is 0.512. The summed E-state index contributed by atoms with van der Waals surface area (Å²) < 4.78 is 6.96. The van der Waals surface area contributed by atoms with Gasteiger partial charge in [0.1, 0.15) is 0 Å². The number of benzene rings is 2. The van der Waals surface area contributed by atoms with Crippen molar-refractivity contribution in [2.75, 3.05) is 5.32 Å². The van der Waals surface area contributed by atoms with Crippen molar-refractivity contribution in [2.24, 2.45) is 0 Å². The van der Waals surface area contributed by atoms with Crippen LogP contribution in [0, 0.1) is 0 Å². The zero-order chi connectivity index (χ0) is 18.6. The third-order valence-corrected chi connectivity index (χ3v) is 4.35. The maximum Gasteiger partial charge on any atom is 0.277 e. The molecule has 27 heavy (non-hydrogen) atoms. The van der Waals surface area contributed by atoms with Crippen molar-refractivity contribution in [3.63, 3.8) is 0 Å². The van der Waals surface area contributed by atoms with Crippen LogP contribution in [-0.2, 0) is 6.54 Å². The number of nitrogens with zero attached hydrogens (tertiary/aromatic N) is 3. The highest BCUT2D eigenvalue weighted by molar-refractivity contribution is 6.31. The Bertz CT molecular complexity index is 1070. The van der Waals surface area contributed by atoms with Gasteiger partial charge in [-0.3, -0.25) is 9.48 Å². The molecule has 0 saturated carbocycles. The van der Waals surface area contributed by atoms with Crippen LogP contribution >= 0.6 is 11.6 Å². The molecule has 0 aliphatic heterocycles. The molecular formula is C20H15ClN4O2. The lowest BCUT2D eigenvalue weighted by Crippen LogP contribution is -2.11. The summed E-state index contributed by atoms with van der Waals surface area (Å²) in [4.78, 5) is 12.4. The lowest BCUT2D eigenvalue weighted by molar-refractivity contribution is 0.101. The van der Waals surface area contributed by atoms with E-state index in [0.29, 0.717) is 23.0 Å². The molecule has 0 radical (unpaired) electrons. The van der Waals surface area contributed by atoms with E-state index in [4.69, 9.17) is 16.1 Å². The van der Waals surface area contributed by atoms with Crippen LogP contribution in [0.25, 0.3) is 11.3 Å². The number of nitrogens with one attached hydrogen (secondary N) is 1. The lowest BCUT2D eigenvalue weighted by Gasteiger charge is -2.03. The quantitative estimate of drug-likeness (QED) is 0.555. The Balaban J connectivity index is 1.44. The van der Waals surface area contributed by atoms with Gasteiger partial charge in [0.2, 0.25) is 0 Å². The molecule has 0 spiro atoms. The van der Waals surface area contributed by atoms with Crippen LogP contribution in [-0.4, -0.2) is 20.8 Å². The third kappa shape index (κ3) is 3.91.